The number of aliphatic hydroxyl groups is 1. The van der Waals surface area contributed by atoms with Gasteiger partial charge in [0.05, 0.1) is 11.8 Å². The lowest BCUT2D eigenvalue weighted by Crippen LogP contribution is -2.38. The van der Waals surface area contributed by atoms with Gasteiger partial charge in [-0.15, -0.1) is 0 Å². The molecule has 1 rings (SSSR count). The van der Waals surface area contributed by atoms with Gasteiger partial charge < -0.3 is 15.7 Å². The second-order valence-electron chi connectivity index (χ2n) is 6.50. The maximum absolute atomic E-state index is 14.4. The van der Waals surface area contributed by atoms with Crippen molar-refractivity contribution in [2.75, 3.05) is 11.9 Å². The Bertz CT molecular complexity index is 496. The number of hydrogen-bond acceptors (Lipinski definition) is 3. The van der Waals surface area contributed by atoms with E-state index in [0.717, 1.165) is 0 Å². The first-order chi connectivity index (χ1) is 9.61. The van der Waals surface area contributed by atoms with E-state index in [0.29, 0.717) is 0 Å². The van der Waals surface area contributed by atoms with Crippen LogP contribution in [-0.2, 0) is 4.79 Å². The smallest absolute Gasteiger partial charge is 0.227 e. The maximum Gasteiger partial charge on any atom is 0.227 e. The molecule has 4 nitrogen and oxygen atoms in total. The van der Waals surface area contributed by atoms with Gasteiger partial charge in [-0.1, -0.05) is 26.0 Å². The third-order valence-electron chi connectivity index (χ3n) is 3.00. The number of carbonyl (C=O) groups is 1. The molecule has 0 aliphatic carbocycles. The molecule has 118 valence electrons. The van der Waals surface area contributed by atoms with Crippen molar-refractivity contribution in [1.29, 1.82) is 0 Å². The average molecular weight is 296 g/mol. The molecule has 0 spiro atoms. The molecule has 21 heavy (non-hydrogen) atoms. The average Bonchev–Trinajstić information content (AvgIpc) is 2.37. The van der Waals surface area contributed by atoms with Crippen LogP contribution in [0.25, 0.3) is 0 Å². The van der Waals surface area contributed by atoms with Gasteiger partial charge in [0.1, 0.15) is 0 Å². The third-order valence-corrected chi connectivity index (χ3v) is 3.00. The number of carbonyl (C=O) groups excluding carboxylic acids is 1. The Morgan fingerprint density at radius 1 is 1.33 bits per heavy atom. The monoisotopic (exact) mass is 296 g/mol. The van der Waals surface area contributed by atoms with Crippen molar-refractivity contribution in [3.05, 3.63) is 29.6 Å². The largest absolute Gasteiger partial charge is 0.387 e. The molecule has 0 saturated heterocycles. The number of nitrogens with one attached hydrogen (secondary N) is 2. The fraction of sp³-hybridized carbons (Fsp3) is 0.562. The van der Waals surface area contributed by atoms with Crippen molar-refractivity contribution < 1.29 is 14.3 Å². The number of hydrogen-bond donors (Lipinski definition) is 3. The molecule has 1 aromatic rings. The van der Waals surface area contributed by atoms with Gasteiger partial charge in [-0.3, -0.25) is 4.79 Å². The Kier molecular flexibility index (Phi) is 5.87. The number of halogens is 1. The van der Waals surface area contributed by atoms with Crippen LogP contribution in [0.5, 0.6) is 0 Å². The topological polar surface area (TPSA) is 61.4 Å². The minimum atomic E-state index is -0.972. The van der Waals surface area contributed by atoms with Crippen LogP contribution in [0.2, 0.25) is 0 Å². The zero-order valence-electron chi connectivity index (χ0n) is 13.3. The lowest BCUT2D eigenvalue weighted by molar-refractivity contribution is -0.118. The van der Waals surface area contributed by atoms with Gasteiger partial charge in [-0.2, -0.15) is 0 Å². The number of β-amino-alcohol motifs (C(OH)–C–C–N with tert-alkyl or cyclic N) is 1. The Morgan fingerprint density at radius 3 is 2.48 bits per heavy atom. The molecular weight excluding hydrogens is 271 g/mol. The van der Waals surface area contributed by atoms with E-state index in [1.54, 1.807) is 19.9 Å². The summed E-state index contributed by atoms with van der Waals surface area (Å²) in [5, 5.41) is 15.8. The van der Waals surface area contributed by atoms with Crippen molar-refractivity contribution in [2.24, 2.45) is 5.92 Å². The third kappa shape index (κ3) is 5.44. The maximum atomic E-state index is 14.4. The van der Waals surface area contributed by atoms with E-state index in [2.05, 4.69) is 10.6 Å². The van der Waals surface area contributed by atoms with Gasteiger partial charge in [0, 0.05) is 23.6 Å². The number of amides is 1. The molecule has 0 aliphatic rings. The second kappa shape index (κ2) is 7.00. The highest BCUT2D eigenvalue weighted by Crippen LogP contribution is 2.24. The van der Waals surface area contributed by atoms with E-state index in [4.69, 9.17) is 0 Å². The molecule has 0 aliphatic heterocycles. The number of benzene rings is 1. The minimum absolute atomic E-state index is 0.0982. The molecule has 5 heteroatoms. The zero-order valence-corrected chi connectivity index (χ0v) is 13.3. The van der Waals surface area contributed by atoms with Crippen LogP contribution < -0.4 is 10.6 Å². The molecule has 0 unspecified atom stereocenters. The van der Waals surface area contributed by atoms with Gasteiger partial charge in [0.2, 0.25) is 5.91 Å². The highest BCUT2D eigenvalue weighted by molar-refractivity contribution is 5.92. The van der Waals surface area contributed by atoms with Gasteiger partial charge in [0.25, 0.3) is 0 Å². The summed E-state index contributed by atoms with van der Waals surface area (Å²) < 4.78 is 14.4. The Hall–Kier alpha value is -1.46. The first kappa shape index (κ1) is 17.6. The highest BCUT2D eigenvalue weighted by Gasteiger charge is 2.19. The fourth-order valence-electron chi connectivity index (χ4n) is 1.69. The number of rotatable bonds is 5. The Balaban J connectivity index is 2.87. The molecule has 1 aromatic carbocycles. The lowest BCUT2D eigenvalue weighted by atomic mass is 10.0. The summed E-state index contributed by atoms with van der Waals surface area (Å²) >= 11 is 0. The Morgan fingerprint density at radius 2 is 1.95 bits per heavy atom. The Labute approximate surface area is 125 Å². The summed E-state index contributed by atoms with van der Waals surface area (Å²) in [7, 11) is 0. The van der Waals surface area contributed by atoms with Crippen LogP contribution in [-0.4, -0.2) is 23.1 Å². The summed E-state index contributed by atoms with van der Waals surface area (Å²) in [6.07, 6.45) is -0.972. The summed E-state index contributed by atoms with van der Waals surface area (Å²) in [5.41, 5.74) is 0.107. The van der Waals surface area contributed by atoms with Crippen LogP contribution in [0.15, 0.2) is 18.2 Å². The predicted molar refractivity (Wildman–Crippen MR) is 82.6 cm³/mol. The van der Waals surface area contributed by atoms with Crippen LogP contribution in [0.4, 0.5) is 10.1 Å². The summed E-state index contributed by atoms with van der Waals surface area (Å²) in [5.74, 6) is -1.08. The summed E-state index contributed by atoms with van der Waals surface area (Å²) in [6, 6.07) is 4.63. The van der Waals surface area contributed by atoms with Gasteiger partial charge in [0.15, 0.2) is 5.82 Å². The zero-order chi connectivity index (χ0) is 16.2. The van der Waals surface area contributed by atoms with Crippen LogP contribution in [0.3, 0.4) is 0 Å². The van der Waals surface area contributed by atoms with Crippen molar-refractivity contribution >= 4 is 11.6 Å². The van der Waals surface area contributed by atoms with Crippen molar-refractivity contribution in [3.63, 3.8) is 0 Å². The van der Waals surface area contributed by atoms with Crippen molar-refractivity contribution in [3.8, 4) is 0 Å². The molecule has 1 atom stereocenters. The van der Waals surface area contributed by atoms with Crippen molar-refractivity contribution in [1.82, 2.24) is 5.32 Å². The molecule has 3 N–H and O–H groups in total. The minimum Gasteiger partial charge on any atom is -0.387 e. The number of aliphatic hydroxyl groups excluding tert-OH is 1. The molecule has 0 heterocycles. The molecule has 0 fully saturated rings. The number of anilines is 1. The quantitative estimate of drug-likeness (QED) is 0.783. The fourth-order valence-corrected chi connectivity index (χ4v) is 1.69. The van der Waals surface area contributed by atoms with Gasteiger partial charge in [-0.05, 0) is 26.8 Å². The predicted octanol–water partition coefficient (Wildman–Crippen LogP) is 2.84. The first-order valence-electron chi connectivity index (χ1n) is 7.14. The summed E-state index contributed by atoms with van der Waals surface area (Å²) in [6.45, 7) is 9.61. The molecular formula is C16H25FN2O2. The van der Waals surface area contributed by atoms with E-state index >= 15 is 0 Å². The normalized spacial score (nSPS) is 13.3. The summed E-state index contributed by atoms with van der Waals surface area (Å²) in [4.78, 5) is 11.7. The van der Waals surface area contributed by atoms with Crippen LogP contribution in [0, 0.1) is 11.7 Å². The SMILES string of the molecule is CC(C)C(=O)Nc1cccc([C@@H](O)CNC(C)(C)C)c1F. The standard InChI is InChI=1S/C16H25FN2O2/c1-10(2)15(21)19-12-8-6-7-11(14(12)17)13(20)9-18-16(3,4)5/h6-8,10,13,18,20H,9H2,1-5H3,(H,19,21)/t13-/m0/s1. The van der Waals surface area contributed by atoms with E-state index in [1.165, 1.54) is 12.1 Å². The van der Waals surface area contributed by atoms with Crippen molar-refractivity contribution in [2.45, 2.75) is 46.3 Å². The molecule has 1 amide bonds. The van der Waals surface area contributed by atoms with E-state index in [-0.39, 0.29) is 35.2 Å². The molecule has 0 radical (unpaired) electrons. The molecule has 0 bridgehead atoms. The molecule has 0 aromatic heterocycles. The van der Waals surface area contributed by atoms with Gasteiger partial charge >= 0.3 is 0 Å². The second-order valence-corrected chi connectivity index (χ2v) is 6.50. The van der Waals surface area contributed by atoms with E-state index in [9.17, 15) is 14.3 Å². The lowest BCUT2D eigenvalue weighted by Gasteiger charge is -2.23. The van der Waals surface area contributed by atoms with E-state index < -0.39 is 11.9 Å². The van der Waals surface area contributed by atoms with E-state index in [1.807, 2.05) is 20.8 Å². The van der Waals surface area contributed by atoms with Crippen LogP contribution >= 0.6 is 0 Å². The highest BCUT2D eigenvalue weighted by atomic mass is 19.1. The molecule has 0 saturated carbocycles. The van der Waals surface area contributed by atoms with Gasteiger partial charge in [-0.25, -0.2) is 4.39 Å². The first-order valence-corrected chi connectivity index (χ1v) is 7.14. The van der Waals surface area contributed by atoms with Crippen LogP contribution in [0.1, 0.15) is 46.3 Å².